The molecule has 136 valence electrons. The van der Waals surface area contributed by atoms with E-state index in [-0.39, 0.29) is 16.5 Å². The summed E-state index contributed by atoms with van der Waals surface area (Å²) in [6.07, 6.45) is 0. The molecule has 0 bridgehead atoms. The monoisotopic (exact) mass is 386 g/mol. The van der Waals surface area contributed by atoms with E-state index in [2.05, 4.69) is 15.4 Å². The third-order valence-corrected chi connectivity index (χ3v) is 4.33. The molecule has 0 saturated heterocycles. The zero-order chi connectivity index (χ0) is 19.1. The van der Waals surface area contributed by atoms with E-state index in [1.165, 1.54) is 28.9 Å². The van der Waals surface area contributed by atoms with Crippen molar-refractivity contribution in [2.24, 2.45) is 0 Å². The molecule has 4 rings (SSSR count). The van der Waals surface area contributed by atoms with Gasteiger partial charge >= 0.3 is 5.76 Å². The van der Waals surface area contributed by atoms with Gasteiger partial charge in [-0.15, -0.1) is 0 Å². The van der Waals surface area contributed by atoms with Crippen molar-refractivity contribution in [3.8, 4) is 5.69 Å². The minimum absolute atomic E-state index is 0.106. The Labute approximate surface area is 156 Å². The smallest absolute Gasteiger partial charge is 0.408 e. The maximum Gasteiger partial charge on any atom is 0.417 e. The van der Waals surface area contributed by atoms with Crippen LogP contribution in [0.15, 0.2) is 51.7 Å². The maximum atomic E-state index is 13.1. The molecule has 0 aliphatic rings. The molecule has 0 aliphatic carbocycles. The van der Waals surface area contributed by atoms with Gasteiger partial charge < -0.3 is 9.73 Å². The molecule has 1 amide bonds. The lowest BCUT2D eigenvalue weighted by molar-refractivity contribution is 0.102. The summed E-state index contributed by atoms with van der Waals surface area (Å²) < 4.78 is 19.4. The number of hydrogen-bond donors (Lipinski definition) is 2. The van der Waals surface area contributed by atoms with Crippen molar-refractivity contribution in [2.75, 3.05) is 5.32 Å². The number of aryl methyl sites for hydroxylation is 1. The van der Waals surface area contributed by atoms with Crippen LogP contribution < -0.4 is 11.1 Å². The predicted molar refractivity (Wildman–Crippen MR) is 98.1 cm³/mol. The maximum absolute atomic E-state index is 13.1. The number of oxazole rings is 1. The summed E-state index contributed by atoms with van der Waals surface area (Å²) in [5.41, 5.74) is 2.44. The van der Waals surface area contributed by atoms with Crippen molar-refractivity contribution in [2.45, 2.75) is 6.92 Å². The number of fused-ring (bicyclic) bond motifs is 1. The highest BCUT2D eigenvalue weighted by molar-refractivity contribution is 6.34. The number of nitrogens with one attached hydrogen (secondary N) is 2. The van der Waals surface area contributed by atoms with Crippen LogP contribution in [0.25, 0.3) is 16.8 Å². The van der Waals surface area contributed by atoms with Gasteiger partial charge in [0, 0.05) is 5.69 Å². The third-order valence-electron chi connectivity index (χ3n) is 3.98. The number of hydrogen-bond acceptors (Lipinski definition) is 4. The van der Waals surface area contributed by atoms with Crippen molar-refractivity contribution in [3.05, 3.63) is 75.2 Å². The number of amides is 1. The molecular weight excluding hydrogens is 375 g/mol. The van der Waals surface area contributed by atoms with Crippen LogP contribution in [-0.2, 0) is 0 Å². The molecule has 0 atom stereocenters. The molecule has 7 nitrogen and oxygen atoms in total. The van der Waals surface area contributed by atoms with E-state index in [1.54, 1.807) is 25.1 Å². The normalized spacial score (nSPS) is 11.1. The van der Waals surface area contributed by atoms with E-state index >= 15 is 0 Å². The van der Waals surface area contributed by atoms with Crippen LogP contribution in [-0.4, -0.2) is 20.7 Å². The molecule has 2 aromatic heterocycles. The van der Waals surface area contributed by atoms with Crippen LogP contribution in [0.1, 0.15) is 16.1 Å². The first kappa shape index (κ1) is 17.0. The summed E-state index contributed by atoms with van der Waals surface area (Å²) in [5.74, 6) is -1.42. The van der Waals surface area contributed by atoms with Gasteiger partial charge in [-0.2, -0.15) is 5.10 Å². The van der Waals surface area contributed by atoms with E-state index in [1.807, 2.05) is 0 Å². The van der Waals surface area contributed by atoms with E-state index < -0.39 is 11.7 Å². The number of anilines is 1. The number of aromatic amines is 1. The van der Waals surface area contributed by atoms with E-state index in [4.69, 9.17) is 16.0 Å². The van der Waals surface area contributed by atoms with Crippen molar-refractivity contribution >= 4 is 34.3 Å². The molecule has 0 aliphatic heterocycles. The fraction of sp³-hybridized carbons (Fsp3) is 0.0556. The molecule has 27 heavy (non-hydrogen) atoms. The van der Waals surface area contributed by atoms with Crippen molar-refractivity contribution < 1.29 is 13.6 Å². The van der Waals surface area contributed by atoms with Gasteiger partial charge in [0.25, 0.3) is 5.91 Å². The summed E-state index contributed by atoms with van der Waals surface area (Å²) in [7, 11) is 0. The Morgan fingerprint density at radius 3 is 2.74 bits per heavy atom. The van der Waals surface area contributed by atoms with Crippen molar-refractivity contribution in [1.29, 1.82) is 0 Å². The Hall–Kier alpha value is -3.39. The molecular formula is C18H12ClFN4O3. The van der Waals surface area contributed by atoms with Gasteiger partial charge in [-0.1, -0.05) is 11.6 Å². The van der Waals surface area contributed by atoms with Crippen LogP contribution in [0.2, 0.25) is 5.15 Å². The second-order valence-electron chi connectivity index (χ2n) is 5.82. The lowest BCUT2D eigenvalue weighted by Gasteiger charge is -2.06. The summed E-state index contributed by atoms with van der Waals surface area (Å²) in [5, 5.41) is 7.09. The number of carbonyl (C=O) groups excluding carboxylic acids is 1. The molecule has 0 saturated carbocycles. The second kappa shape index (κ2) is 6.40. The average molecular weight is 387 g/mol. The number of benzene rings is 2. The number of carbonyl (C=O) groups is 1. The molecule has 2 aromatic carbocycles. The lowest BCUT2D eigenvalue weighted by atomic mass is 10.2. The van der Waals surface area contributed by atoms with Crippen LogP contribution in [0, 0.1) is 12.7 Å². The van der Waals surface area contributed by atoms with Gasteiger partial charge in [0.1, 0.15) is 16.5 Å². The number of aromatic nitrogens is 3. The van der Waals surface area contributed by atoms with Crippen molar-refractivity contribution in [1.82, 2.24) is 14.8 Å². The fourth-order valence-corrected chi connectivity index (χ4v) is 3.09. The topological polar surface area (TPSA) is 92.9 Å². The van der Waals surface area contributed by atoms with E-state index in [0.717, 1.165) is 0 Å². The van der Waals surface area contributed by atoms with Gasteiger partial charge in [-0.25, -0.2) is 13.9 Å². The largest absolute Gasteiger partial charge is 0.417 e. The Morgan fingerprint density at radius 1 is 1.26 bits per heavy atom. The van der Waals surface area contributed by atoms with E-state index in [0.29, 0.717) is 28.2 Å². The van der Waals surface area contributed by atoms with Crippen LogP contribution in [0.4, 0.5) is 10.1 Å². The van der Waals surface area contributed by atoms with Gasteiger partial charge in [0.05, 0.1) is 16.9 Å². The van der Waals surface area contributed by atoms with Crippen LogP contribution in [0.3, 0.4) is 0 Å². The Balaban J connectivity index is 1.66. The van der Waals surface area contributed by atoms with Gasteiger partial charge in [0.2, 0.25) is 0 Å². The van der Waals surface area contributed by atoms with Crippen molar-refractivity contribution in [3.63, 3.8) is 0 Å². The molecule has 4 aromatic rings. The zero-order valence-corrected chi connectivity index (χ0v) is 14.7. The third kappa shape index (κ3) is 3.11. The minimum atomic E-state index is -0.576. The van der Waals surface area contributed by atoms with Gasteiger partial charge in [0.15, 0.2) is 5.58 Å². The number of rotatable bonds is 3. The van der Waals surface area contributed by atoms with Crippen LogP contribution in [0.5, 0.6) is 0 Å². The fourth-order valence-electron chi connectivity index (χ4n) is 2.73. The minimum Gasteiger partial charge on any atom is -0.408 e. The molecule has 0 spiro atoms. The SMILES string of the molecule is Cc1nn(-c2ccc(F)cc2)c(Cl)c1C(=O)Nc1ccc2oc(=O)[nH]c2c1. The Kier molecular flexibility index (Phi) is 4.04. The Bertz CT molecular complexity index is 1220. The summed E-state index contributed by atoms with van der Waals surface area (Å²) in [6.45, 7) is 1.65. The molecule has 0 fully saturated rings. The van der Waals surface area contributed by atoms with Gasteiger partial charge in [-0.05, 0) is 49.4 Å². The highest BCUT2D eigenvalue weighted by Crippen LogP contribution is 2.25. The van der Waals surface area contributed by atoms with Crippen LogP contribution >= 0.6 is 11.6 Å². The molecule has 0 radical (unpaired) electrons. The quantitative estimate of drug-likeness (QED) is 0.562. The van der Waals surface area contributed by atoms with E-state index in [9.17, 15) is 14.0 Å². The number of H-pyrrole nitrogens is 1. The first-order chi connectivity index (χ1) is 12.9. The number of nitrogens with zero attached hydrogens (tertiary/aromatic N) is 2. The standard InChI is InChI=1S/C18H12ClFN4O3/c1-9-15(16(19)24(23-9)12-5-2-10(20)3-6-12)17(25)21-11-4-7-14-13(8-11)22-18(26)27-14/h2-8H,1H3,(H,21,25)(H,22,26). The first-order valence-corrected chi connectivity index (χ1v) is 8.25. The second-order valence-corrected chi connectivity index (χ2v) is 6.18. The highest BCUT2D eigenvalue weighted by Gasteiger charge is 2.21. The molecule has 2 N–H and O–H groups in total. The first-order valence-electron chi connectivity index (χ1n) is 7.87. The predicted octanol–water partition coefficient (Wildman–Crippen LogP) is 3.66. The molecule has 2 heterocycles. The average Bonchev–Trinajstić information content (AvgIpc) is 3.13. The molecule has 0 unspecified atom stereocenters. The lowest BCUT2D eigenvalue weighted by Crippen LogP contribution is -2.13. The summed E-state index contributed by atoms with van der Waals surface area (Å²) in [6, 6.07) is 10.3. The Morgan fingerprint density at radius 2 is 2.00 bits per heavy atom. The summed E-state index contributed by atoms with van der Waals surface area (Å²) >= 11 is 6.35. The zero-order valence-electron chi connectivity index (χ0n) is 13.9. The summed E-state index contributed by atoms with van der Waals surface area (Å²) in [4.78, 5) is 26.4. The highest BCUT2D eigenvalue weighted by atomic mass is 35.5. The number of halogens is 2. The van der Waals surface area contributed by atoms with Gasteiger partial charge in [-0.3, -0.25) is 9.78 Å². The molecule has 9 heteroatoms.